The zero-order valence-electron chi connectivity index (χ0n) is 17.9. The Labute approximate surface area is 189 Å². The number of aromatic nitrogens is 2. The van der Waals surface area contributed by atoms with Crippen molar-refractivity contribution in [3.8, 4) is 0 Å². The molecule has 0 aliphatic heterocycles. The summed E-state index contributed by atoms with van der Waals surface area (Å²) < 4.78 is 26.9. The first-order valence-corrected chi connectivity index (χ1v) is 13.1. The van der Waals surface area contributed by atoms with E-state index in [1.54, 1.807) is 13.8 Å². The second kappa shape index (κ2) is 10.4. The molecule has 1 N–H and O–H groups in total. The number of rotatable bonds is 10. The molecule has 0 saturated heterocycles. The van der Waals surface area contributed by atoms with Crippen molar-refractivity contribution in [3.63, 3.8) is 0 Å². The van der Waals surface area contributed by atoms with Gasteiger partial charge in [-0.15, -0.1) is 10.2 Å². The zero-order valence-corrected chi connectivity index (χ0v) is 20.3. The Bertz CT molecular complexity index is 1050. The Balaban J connectivity index is 2.35. The molecule has 0 radical (unpaired) electrons. The van der Waals surface area contributed by atoms with E-state index in [9.17, 15) is 23.3 Å². The predicted octanol–water partition coefficient (Wildman–Crippen LogP) is 3.69. The minimum atomic E-state index is -3.93. The molecule has 0 aliphatic carbocycles. The zero-order chi connectivity index (χ0) is 23.3. The van der Waals surface area contributed by atoms with Gasteiger partial charge in [-0.2, -0.15) is 0 Å². The van der Waals surface area contributed by atoms with Gasteiger partial charge in [0.25, 0.3) is 5.69 Å². The molecule has 0 aliphatic rings. The van der Waals surface area contributed by atoms with Crippen molar-refractivity contribution in [2.45, 2.75) is 44.5 Å². The summed E-state index contributed by atoms with van der Waals surface area (Å²) in [6, 6.07) is 2.79. The molecule has 0 fully saturated rings. The molecule has 0 spiro atoms. The van der Waals surface area contributed by atoms with Crippen LogP contribution in [0.5, 0.6) is 0 Å². The number of nitrogens with zero attached hydrogens (tertiary/aromatic N) is 4. The van der Waals surface area contributed by atoms with Crippen LogP contribution in [0.25, 0.3) is 0 Å². The molecule has 1 amide bonds. The molecule has 31 heavy (non-hydrogen) atoms. The Kier molecular flexibility index (Phi) is 8.37. The Morgan fingerprint density at radius 1 is 1.35 bits per heavy atom. The summed E-state index contributed by atoms with van der Waals surface area (Å²) >= 11 is 2.73. The van der Waals surface area contributed by atoms with Crippen LogP contribution in [0.1, 0.15) is 32.8 Å². The van der Waals surface area contributed by atoms with Gasteiger partial charge in [0.1, 0.15) is 6.04 Å². The number of anilines is 2. The molecule has 2 aromatic rings. The molecule has 1 heterocycles. The smallest absolute Gasteiger partial charge is 0.271 e. The van der Waals surface area contributed by atoms with Gasteiger partial charge in [0.05, 0.1) is 16.9 Å². The van der Waals surface area contributed by atoms with Crippen molar-refractivity contribution in [2.75, 3.05) is 21.6 Å². The number of carbonyl (C=O) groups excluding carboxylic acids is 1. The van der Waals surface area contributed by atoms with Gasteiger partial charge in [-0.05, 0) is 24.8 Å². The number of carbonyl (C=O) groups is 1. The largest absolute Gasteiger partial charge is 0.299 e. The average molecular weight is 488 g/mol. The van der Waals surface area contributed by atoms with Gasteiger partial charge < -0.3 is 0 Å². The summed E-state index contributed by atoms with van der Waals surface area (Å²) in [6.45, 7) is 7.46. The molecule has 1 aromatic carbocycles. The van der Waals surface area contributed by atoms with Crippen molar-refractivity contribution < 1.29 is 18.1 Å². The molecule has 1 aromatic heterocycles. The first-order valence-electron chi connectivity index (χ1n) is 9.45. The van der Waals surface area contributed by atoms with Crippen LogP contribution in [0.15, 0.2) is 22.5 Å². The molecule has 10 nitrogen and oxygen atoms in total. The van der Waals surface area contributed by atoms with E-state index in [0.29, 0.717) is 15.8 Å². The van der Waals surface area contributed by atoms with E-state index in [0.717, 1.165) is 22.4 Å². The van der Waals surface area contributed by atoms with Gasteiger partial charge >= 0.3 is 0 Å². The van der Waals surface area contributed by atoms with Gasteiger partial charge in [0.2, 0.25) is 21.1 Å². The van der Waals surface area contributed by atoms with Crippen LogP contribution in [-0.4, -0.2) is 47.5 Å². The summed E-state index contributed by atoms with van der Waals surface area (Å²) in [5, 5.41) is 22.1. The van der Waals surface area contributed by atoms with Crippen LogP contribution in [0, 0.1) is 23.0 Å². The highest BCUT2D eigenvalue weighted by Gasteiger charge is 2.33. The lowest BCUT2D eigenvalue weighted by Crippen LogP contribution is -2.47. The fourth-order valence-corrected chi connectivity index (χ4v) is 5.72. The van der Waals surface area contributed by atoms with E-state index in [1.165, 1.54) is 35.2 Å². The summed E-state index contributed by atoms with van der Waals surface area (Å²) in [5.41, 5.74) is 0.315. The summed E-state index contributed by atoms with van der Waals surface area (Å²) in [4.78, 5) is 23.6. The number of benzene rings is 1. The maximum Gasteiger partial charge on any atom is 0.271 e. The monoisotopic (exact) mass is 487 g/mol. The highest BCUT2D eigenvalue weighted by molar-refractivity contribution is 8.01. The van der Waals surface area contributed by atoms with E-state index < -0.39 is 26.9 Å². The van der Waals surface area contributed by atoms with E-state index in [2.05, 4.69) is 29.4 Å². The Hall–Kier alpha value is -2.25. The molecule has 170 valence electrons. The third kappa shape index (κ3) is 6.61. The quantitative estimate of drug-likeness (QED) is 0.232. The number of sulfonamides is 1. The number of nitro benzene ring substituents is 1. The van der Waals surface area contributed by atoms with Crippen LogP contribution in [0.3, 0.4) is 0 Å². The number of hydrogen-bond donors (Lipinski definition) is 1. The van der Waals surface area contributed by atoms with Gasteiger partial charge in [-0.3, -0.25) is 24.5 Å². The SMILES string of the molecule is CCC(C(=O)Nc1nnc(SCC(C)C)s1)N(c1cc([N+](=O)[O-])ccc1C)S(C)(=O)=O. The maximum atomic E-state index is 13.0. The number of aryl methyl sites for hydroxylation is 1. The number of nitro groups is 1. The summed E-state index contributed by atoms with van der Waals surface area (Å²) in [6.07, 6.45) is 1.11. The third-order valence-corrected chi connectivity index (χ3v) is 7.71. The van der Waals surface area contributed by atoms with Gasteiger partial charge in [0, 0.05) is 17.9 Å². The molecule has 1 atom stereocenters. The van der Waals surface area contributed by atoms with Crippen molar-refractivity contribution in [1.82, 2.24) is 10.2 Å². The first kappa shape index (κ1) is 25.0. The standard InChI is InChI=1S/C18H25N5O5S3/c1-6-14(16(24)19-17-20-21-18(30-17)29-10-11(2)3)22(31(5,27)28)15-9-13(23(25)26)8-7-12(15)4/h7-9,11,14H,6,10H2,1-5H3,(H,19,20,24). The lowest BCUT2D eigenvalue weighted by molar-refractivity contribution is -0.384. The Morgan fingerprint density at radius 2 is 2.03 bits per heavy atom. The van der Waals surface area contributed by atoms with Crippen molar-refractivity contribution in [3.05, 3.63) is 33.9 Å². The van der Waals surface area contributed by atoms with Gasteiger partial charge in [0.15, 0.2) is 4.34 Å². The topological polar surface area (TPSA) is 135 Å². The first-order chi connectivity index (χ1) is 14.4. The third-order valence-electron chi connectivity index (χ3n) is 4.15. The average Bonchev–Trinajstić information content (AvgIpc) is 3.11. The Morgan fingerprint density at radius 3 is 2.58 bits per heavy atom. The number of amides is 1. The maximum absolute atomic E-state index is 13.0. The van der Waals surface area contributed by atoms with E-state index in [4.69, 9.17) is 0 Å². The molecular formula is C18H25N5O5S3. The van der Waals surface area contributed by atoms with Crippen LogP contribution in [0.4, 0.5) is 16.5 Å². The fraction of sp³-hybridized carbons (Fsp3) is 0.500. The van der Waals surface area contributed by atoms with Crippen LogP contribution >= 0.6 is 23.1 Å². The van der Waals surface area contributed by atoms with Crippen molar-refractivity contribution in [2.24, 2.45) is 5.92 Å². The van der Waals surface area contributed by atoms with Crippen LogP contribution in [0.2, 0.25) is 0 Å². The van der Waals surface area contributed by atoms with E-state index >= 15 is 0 Å². The fourth-order valence-electron chi connectivity index (χ4n) is 2.73. The molecule has 1 unspecified atom stereocenters. The number of non-ortho nitro benzene ring substituents is 1. The van der Waals surface area contributed by atoms with Crippen molar-refractivity contribution >= 4 is 55.5 Å². The van der Waals surface area contributed by atoms with Crippen LogP contribution < -0.4 is 9.62 Å². The lowest BCUT2D eigenvalue weighted by atomic mass is 10.1. The van der Waals surface area contributed by atoms with Crippen molar-refractivity contribution in [1.29, 1.82) is 0 Å². The second-order valence-electron chi connectivity index (χ2n) is 7.28. The van der Waals surface area contributed by atoms with E-state index in [1.807, 2.05) is 0 Å². The number of hydrogen-bond acceptors (Lipinski definition) is 9. The number of nitrogens with one attached hydrogen (secondary N) is 1. The molecule has 13 heteroatoms. The van der Waals surface area contributed by atoms with Gasteiger partial charge in [-0.1, -0.05) is 49.9 Å². The highest BCUT2D eigenvalue weighted by Crippen LogP contribution is 2.31. The van der Waals surface area contributed by atoms with E-state index in [-0.39, 0.29) is 22.9 Å². The lowest BCUT2D eigenvalue weighted by Gasteiger charge is -2.30. The molecule has 2 rings (SSSR count). The van der Waals surface area contributed by atoms with Crippen LogP contribution in [-0.2, 0) is 14.8 Å². The molecule has 0 bridgehead atoms. The summed E-state index contributed by atoms with van der Waals surface area (Å²) in [5.74, 6) is 0.738. The molecule has 0 saturated carbocycles. The predicted molar refractivity (Wildman–Crippen MR) is 123 cm³/mol. The van der Waals surface area contributed by atoms with Gasteiger partial charge in [-0.25, -0.2) is 8.42 Å². The minimum Gasteiger partial charge on any atom is -0.299 e. The normalized spacial score (nSPS) is 12.6. The second-order valence-corrected chi connectivity index (χ2v) is 11.4. The number of thioether (sulfide) groups is 1. The highest BCUT2D eigenvalue weighted by atomic mass is 32.2. The minimum absolute atomic E-state index is 0.0872. The summed E-state index contributed by atoms with van der Waals surface area (Å²) in [7, 11) is -3.93. The molecular weight excluding hydrogens is 462 g/mol.